The minimum Gasteiger partial charge on any atom is -0.404 e. The summed E-state index contributed by atoms with van der Waals surface area (Å²) in [5, 5.41) is 11.0. The number of nitrogens with zero attached hydrogens (tertiary/aromatic N) is 1. The first-order chi connectivity index (χ1) is 18.4. The van der Waals surface area contributed by atoms with Crippen molar-refractivity contribution in [3.8, 4) is 11.4 Å². The van der Waals surface area contributed by atoms with Gasteiger partial charge in [-0.05, 0) is 55.3 Å². The number of carbonyl (C=O) groups excluding carboxylic acids is 3. The Kier molecular flexibility index (Phi) is 9.83. The summed E-state index contributed by atoms with van der Waals surface area (Å²) in [4.78, 5) is 66.4. The second-order valence-electron chi connectivity index (χ2n) is 8.74. The van der Waals surface area contributed by atoms with E-state index in [4.69, 9.17) is 9.79 Å². The summed E-state index contributed by atoms with van der Waals surface area (Å²) in [5.41, 5.74) is 2.19. The molecule has 3 amide bonds. The van der Waals surface area contributed by atoms with Crippen molar-refractivity contribution in [1.82, 2.24) is 25.7 Å². The Morgan fingerprint density at radius 1 is 1.03 bits per heavy atom. The largest absolute Gasteiger partial charge is 0.524 e. The van der Waals surface area contributed by atoms with E-state index in [1.165, 1.54) is 41.9 Å². The Labute approximate surface area is 223 Å². The minimum atomic E-state index is -4.68. The molecule has 0 saturated heterocycles. The minimum absolute atomic E-state index is 0.0308. The van der Waals surface area contributed by atoms with Crippen LogP contribution in [0.5, 0.6) is 5.75 Å². The lowest BCUT2D eigenvalue weighted by molar-refractivity contribution is -0.128. The topological polar surface area (TPSA) is 192 Å². The average molecular weight is 560 g/mol. The molecule has 3 rings (SSSR count). The highest BCUT2D eigenvalue weighted by Crippen LogP contribution is 2.37. The maximum absolute atomic E-state index is 12.7. The highest BCUT2D eigenvalue weighted by Gasteiger charge is 2.20. The van der Waals surface area contributed by atoms with Gasteiger partial charge in [-0.2, -0.15) is 0 Å². The lowest BCUT2D eigenvalue weighted by Crippen LogP contribution is -2.47. The summed E-state index contributed by atoms with van der Waals surface area (Å²) in [7, 11) is -4.68. The summed E-state index contributed by atoms with van der Waals surface area (Å²) >= 11 is 0. The van der Waals surface area contributed by atoms with E-state index in [-0.39, 0.29) is 30.2 Å². The van der Waals surface area contributed by atoms with Gasteiger partial charge in [0.1, 0.15) is 11.8 Å². The van der Waals surface area contributed by atoms with Crippen molar-refractivity contribution in [2.24, 2.45) is 0 Å². The van der Waals surface area contributed by atoms with Gasteiger partial charge in [0.15, 0.2) is 0 Å². The second kappa shape index (κ2) is 13.1. The number of aromatic nitrogens is 2. The number of aryl methyl sites for hydroxylation is 1. The molecule has 13 nitrogen and oxygen atoms in total. The van der Waals surface area contributed by atoms with Crippen LogP contribution in [-0.4, -0.2) is 56.4 Å². The van der Waals surface area contributed by atoms with Gasteiger partial charge in [0, 0.05) is 43.8 Å². The Morgan fingerprint density at radius 2 is 1.67 bits per heavy atom. The van der Waals surface area contributed by atoms with E-state index in [9.17, 15) is 23.7 Å². The van der Waals surface area contributed by atoms with E-state index < -0.39 is 25.7 Å². The van der Waals surface area contributed by atoms with Gasteiger partial charge in [-0.1, -0.05) is 12.1 Å². The number of hydrogen-bond acceptors (Lipinski definition) is 6. The molecule has 3 aromatic rings. The molecule has 0 unspecified atom stereocenters. The molecule has 1 aromatic heterocycles. The van der Waals surface area contributed by atoms with Gasteiger partial charge in [0.25, 0.3) is 11.5 Å². The van der Waals surface area contributed by atoms with Gasteiger partial charge in [0.05, 0.1) is 5.69 Å². The second-order valence-corrected chi connectivity index (χ2v) is 9.91. The number of aromatic amines is 1. The Balaban J connectivity index is 1.45. The van der Waals surface area contributed by atoms with Gasteiger partial charge >= 0.3 is 7.82 Å². The number of hydrogen-bond donors (Lipinski definition) is 6. The molecule has 0 aliphatic carbocycles. The van der Waals surface area contributed by atoms with Crippen LogP contribution in [0.2, 0.25) is 0 Å². The monoisotopic (exact) mass is 559 g/mol. The van der Waals surface area contributed by atoms with Crippen molar-refractivity contribution in [3.63, 3.8) is 0 Å². The Morgan fingerprint density at radius 3 is 2.23 bits per heavy atom. The molecule has 39 heavy (non-hydrogen) atoms. The highest BCUT2D eigenvalue weighted by molar-refractivity contribution is 7.46. The third kappa shape index (κ3) is 9.25. The fraction of sp³-hybridized carbons (Fsp3) is 0.280. The van der Waals surface area contributed by atoms with Crippen LogP contribution >= 0.6 is 7.82 Å². The number of carbonyl (C=O) groups is 3. The van der Waals surface area contributed by atoms with E-state index in [2.05, 4.69) is 25.6 Å². The molecule has 0 fully saturated rings. The number of phosphoric ester groups is 1. The van der Waals surface area contributed by atoms with Crippen LogP contribution < -0.4 is 26.0 Å². The van der Waals surface area contributed by atoms with E-state index >= 15 is 0 Å². The van der Waals surface area contributed by atoms with Crippen LogP contribution in [0, 0.1) is 6.92 Å². The number of H-pyrrole nitrogens is 1. The third-order valence-electron chi connectivity index (χ3n) is 5.46. The molecule has 208 valence electrons. The third-order valence-corrected chi connectivity index (χ3v) is 5.90. The van der Waals surface area contributed by atoms with Gasteiger partial charge in [-0.3, -0.25) is 34.1 Å². The summed E-state index contributed by atoms with van der Waals surface area (Å²) in [6.45, 7) is 3.60. The molecule has 1 heterocycles. The quantitative estimate of drug-likeness (QED) is 0.139. The molecular weight excluding hydrogens is 529 g/mol. The molecule has 14 heteroatoms. The van der Waals surface area contributed by atoms with Crippen molar-refractivity contribution in [3.05, 3.63) is 81.8 Å². The van der Waals surface area contributed by atoms with E-state index in [0.29, 0.717) is 29.8 Å². The standard InChI is InChI=1S/C25H30N5O8P/c1-16-14-23(32)30(29-16)20-8-6-19(7-9-20)24(33)26-12-3-13-27-25(34)22(28-17(2)31)15-18-4-10-21(11-5-18)38-39(35,36)37/h4-11,14,22,29H,3,12-13,15H2,1-2H3,(H,26,33)(H,27,34)(H,28,31)(H2,35,36,37)/t22-/m0/s1. The van der Waals surface area contributed by atoms with Crippen molar-refractivity contribution >= 4 is 25.5 Å². The van der Waals surface area contributed by atoms with Crippen LogP contribution in [0.1, 0.15) is 35.0 Å². The fourth-order valence-electron chi connectivity index (χ4n) is 3.71. The number of benzene rings is 2. The van der Waals surface area contributed by atoms with Crippen molar-refractivity contribution < 1.29 is 33.3 Å². The highest BCUT2D eigenvalue weighted by atomic mass is 31.2. The maximum atomic E-state index is 12.7. The van der Waals surface area contributed by atoms with Crippen LogP contribution in [0.15, 0.2) is 59.4 Å². The zero-order valence-corrected chi connectivity index (χ0v) is 22.2. The fourth-order valence-corrected chi connectivity index (χ4v) is 4.10. The lowest BCUT2D eigenvalue weighted by atomic mass is 10.0. The zero-order chi connectivity index (χ0) is 28.6. The summed E-state index contributed by atoms with van der Waals surface area (Å²) in [5.74, 6) is -1.15. The molecule has 0 aliphatic rings. The molecule has 0 saturated carbocycles. The number of amides is 3. The first-order valence-electron chi connectivity index (χ1n) is 12.0. The number of phosphoric acid groups is 1. The number of nitrogens with one attached hydrogen (secondary N) is 4. The Hall–Kier alpha value is -4.19. The average Bonchev–Trinajstić information content (AvgIpc) is 3.21. The van der Waals surface area contributed by atoms with Crippen LogP contribution in [0.4, 0.5) is 0 Å². The summed E-state index contributed by atoms with van der Waals surface area (Å²) < 4.78 is 16.8. The molecule has 1 atom stereocenters. The SMILES string of the molecule is CC(=O)N[C@@H](Cc1ccc(OP(=O)(O)O)cc1)C(=O)NCCCNC(=O)c1ccc(-n2[nH]c(C)cc2=O)cc1. The van der Waals surface area contributed by atoms with Crippen molar-refractivity contribution in [2.45, 2.75) is 32.7 Å². The van der Waals surface area contributed by atoms with Gasteiger partial charge in [-0.25, -0.2) is 9.25 Å². The summed E-state index contributed by atoms with van der Waals surface area (Å²) in [6, 6.07) is 12.9. The predicted molar refractivity (Wildman–Crippen MR) is 142 cm³/mol. The maximum Gasteiger partial charge on any atom is 0.524 e. The molecule has 6 N–H and O–H groups in total. The zero-order valence-electron chi connectivity index (χ0n) is 21.3. The van der Waals surface area contributed by atoms with E-state index in [0.717, 1.165) is 5.69 Å². The molecule has 2 aromatic carbocycles. The predicted octanol–water partition coefficient (Wildman–Crippen LogP) is 0.929. The molecule has 0 radical (unpaired) electrons. The lowest BCUT2D eigenvalue weighted by Gasteiger charge is -2.18. The van der Waals surface area contributed by atoms with E-state index in [1.54, 1.807) is 31.2 Å². The first kappa shape index (κ1) is 29.4. The Bertz CT molecular complexity index is 1410. The van der Waals surface area contributed by atoms with Gasteiger partial charge < -0.3 is 20.5 Å². The smallest absolute Gasteiger partial charge is 0.404 e. The molecular formula is C25H30N5O8P. The molecule has 0 aliphatic heterocycles. The normalized spacial score (nSPS) is 11.9. The van der Waals surface area contributed by atoms with Crippen molar-refractivity contribution in [2.75, 3.05) is 13.1 Å². The van der Waals surface area contributed by atoms with Gasteiger partial charge in [-0.15, -0.1) is 0 Å². The van der Waals surface area contributed by atoms with Gasteiger partial charge in [0.2, 0.25) is 11.8 Å². The first-order valence-corrected chi connectivity index (χ1v) is 13.5. The summed E-state index contributed by atoms with van der Waals surface area (Å²) in [6.07, 6.45) is 0.580. The van der Waals surface area contributed by atoms with Crippen LogP contribution in [0.3, 0.4) is 0 Å². The molecule has 0 bridgehead atoms. The van der Waals surface area contributed by atoms with Crippen LogP contribution in [0.25, 0.3) is 5.69 Å². The van der Waals surface area contributed by atoms with Crippen molar-refractivity contribution in [1.29, 1.82) is 0 Å². The molecule has 0 spiro atoms. The van der Waals surface area contributed by atoms with E-state index in [1.807, 2.05) is 0 Å². The number of rotatable bonds is 12. The van der Waals surface area contributed by atoms with Crippen LogP contribution in [-0.2, 0) is 20.6 Å².